The molecule has 1 atom stereocenters. The molecule has 1 heterocycles. The van der Waals surface area contributed by atoms with Gasteiger partial charge in [-0.15, -0.1) is 0 Å². The molecule has 1 N–H and O–H groups in total. The van der Waals surface area contributed by atoms with Crippen LogP contribution in [0.25, 0.3) is 0 Å². The van der Waals surface area contributed by atoms with Crippen LogP contribution < -0.4 is 10.1 Å². The fourth-order valence-electron chi connectivity index (χ4n) is 1.08. The summed E-state index contributed by atoms with van der Waals surface area (Å²) in [5, 5.41) is 3.09. The van der Waals surface area contributed by atoms with Crippen molar-refractivity contribution in [2.75, 3.05) is 25.6 Å². The van der Waals surface area contributed by atoms with Crippen LogP contribution in [0.15, 0.2) is 0 Å². The number of anilines is 1. The minimum atomic E-state index is 0.0755. The average molecular weight is 247 g/mol. The summed E-state index contributed by atoms with van der Waals surface area (Å²) in [5.74, 6) is 0.378. The van der Waals surface area contributed by atoms with Crippen LogP contribution in [0, 0.1) is 0 Å². The third kappa shape index (κ3) is 4.16. The van der Waals surface area contributed by atoms with Crippen molar-refractivity contribution >= 4 is 17.5 Å². The normalized spacial score (nSPS) is 12.2. The Morgan fingerprint density at radius 3 is 2.75 bits per heavy atom. The third-order valence-corrected chi connectivity index (χ3v) is 1.94. The van der Waals surface area contributed by atoms with Crippen molar-refractivity contribution < 1.29 is 9.47 Å². The van der Waals surface area contributed by atoms with E-state index in [2.05, 4.69) is 20.3 Å². The van der Waals surface area contributed by atoms with Crippen LogP contribution >= 0.6 is 11.6 Å². The Labute approximate surface area is 99.4 Å². The van der Waals surface area contributed by atoms with Crippen LogP contribution in [0.2, 0.25) is 5.28 Å². The van der Waals surface area contributed by atoms with Gasteiger partial charge in [-0.05, 0) is 25.4 Å². The van der Waals surface area contributed by atoms with Crippen LogP contribution in [0.4, 0.5) is 5.95 Å². The molecular formula is C9H15ClN4O2. The monoisotopic (exact) mass is 246 g/mol. The SMILES string of the molecule is CCOC(C)CNc1nc(Cl)nc(OC)n1. The van der Waals surface area contributed by atoms with E-state index in [4.69, 9.17) is 21.1 Å². The van der Waals surface area contributed by atoms with E-state index in [1.54, 1.807) is 0 Å². The summed E-state index contributed by atoms with van der Waals surface area (Å²) in [4.78, 5) is 11.7. The Morgan fingerprint density at radius 1 is 1.38 bits per heavy atom. The second kappa shape index (κ2) is 6.44. The summed E-state index contributed by atoms with van der Waals surface area (Å²) in [6.07, 6.45) is 0.0755. The zero-order chi connectivity index (χ0) is 12.0. The maximum absolute atomic E-state index is 5.69. The highest BCUT2D eigenvalue weighted by atomic mass is 35.5. The quantitative estimate of drug-likeness (QED) is 0.818. The summed E-state index contributed by atoms with van der Waals surface area (Å²) in [7, 11) is 1.47. The minimum Gasteiger partial charge on any atom is -0.467 e. The molecule has 0 saturated carbocycles. The van der Waals surface area contributed by atoms with Crippen LogP contribution in [-0.4, -0.2) is 41.3 Å². The Kier molecular flexibility index (Phi) is 5.21. The summed E-state index contributed by atoms with van der Waals surface area (Å²) in [6, 6.07) is 0.187. The number of nitrogens with zero attached hydrogens (tertiary/aromatic N) is 3. The van der Waals surface area contributed by atoms with Crippen LogP contribution in [0.5, 0.6) is 6.01 Å². The topological polar surface area (TPSA) is 69.2 Å². The number of ether oxygens (including phenoxy) is 2. The number of hydrogen-bond acceptors (Lipinski definition) is 6. The van der Waals surface area contributed by atoms with Gasteiger partial charge in [-0.2, -0.15) is 15.0 Å². The van der Waals surface area contributed by atoms with E-state index in [-0.39, 0.29) is 17.4 Å². The lowest BCUT2D eigenvalue weighted by Gasteiger charge is -2.12. The lowest BCUT2D eigenvalue weighted by atomic mass is 10.4. The van der Waals surface area contributed by atoms with Gasteiger partial charge in [-0.1, -0.05) is 0 Å². The molecule has 0 bridgehead atoms. The highest BCUT2D eigenvalue weighted by Gasteiger charge is 2.06. The average Bonchev–Trinajstić information content (AvgIpc) is 2.26. The molecule has 0 saturated heterocycles. The molecule has 0 fully saturated rings. The molecular weight excluding hydrogens is 232 g/mol. The molecule has 0 aliphatic rings. The van der Waals surface area contributed by atoms with E-state index >= 15 is 0 Å². The van der Waals surface area contributed by atoms with Gasteiger partial charge >= 0.3 is 6.01 Å². The molecule has 0 spiro atoms. The summed E-state index contributed by atoms with van der Waals surface area (Å²) < 4.78 is 10.2. The van der Waals surface area contributed by atoms with Crippen molar-refractivity contribution in [2.24, 2.45) is 0 Å². The smallest absolute Gasteiger partial charge is 0.322 e. The van der Waals surface area contributed by atoms with Crippen LogP contribution in [-0.2, 0) is 4.74 Å². The zero-order valence-corrected chi connectivity index (χ0v) is 10.3. The molecule has 6 nitrogen and oxygen atoms in total. The van der Waals surface area contributed by atoms with Gasteiger partial charge in [0.15, 0.2) is 0 Å². The maximum atomic E-state index is 5.69. The predicted octanol–water partition coefficient (Wildman–Crippen LogP) is 1.37. The number of aromatic nitrogens is 3. The maximum Gasteiger partial charge on any atom is 0.322 e. The van der Waals surface area contributed by atoms with E-state index in [0.29, 0.717) is 19.1 Å². The molecule has 0 aromatic carbocycles. The standard InChI is InChI=1S/C9H15ClN4O2/c1-4-16-6(2)5-11-8-12-7(10)13-9(14-8)15-3/h6H,4-5H2,1-3H3,(H,11,12,13,14). The second-order valence-corrected chi connectivity index (χ2v) is 3.40. The lowest BCUT2D eigenvalue weighted by Crippen LogP contribution is -2.21. The van der Waals surface area contributed by atoms with Gasteiger partial charge in [0.1, 0.15) is 0 Å². The summed E-state index contributed by atoms with van der Waals surface area (Å²) in [6.45, 7) is 5.16. The molecule has 90 valence electrons. The molecule has 0 aliphatic carbocycles. The van der Waals surface area contributed by atoms with E-state index in [0.717, 1.165) is 0 Å². The van der Waals surface area contributed by atoms with Gasteiger partial charge in [-0.3, -0.25) is 0 Å². The molecule has 16 heavy (non-hydrogen) atoms. The summed E-state index contributed by atoms with van der Waals surface area (Å²) >= 11 is 5.69. The van der Waals surface area contributed by atoms with Crippen molar-refractivity contribution in [3.8, 4) is 6.01 Å². The first kappa shape index (κ1) is 12.9. The highest BCUT2D eigenvalue weighted by molar-refractivity contribution is 6.28. The zero-order valence-electron chi connectivity index (χ0n) is 9.53. The van der Waals surface area contributed by atoms with Gasteiger partial charge in [0.05, 0.1) is 13.2 Å². The molecule has 0 aliphatic heterocycles. The molecule has 0 radical (unpaired) electrons. The number of hydrogen-bond donors (Lipinski definition) is 1. The minimum absolute atomic E-state index is 0.0755. The van der Waals surface area contributed by atoms with Crippen LogP contribution in [0.1, 0.15) is 13.8 Å². The van der Waals surface area contributed by atoms with Crippen molar-refractivity contribution in [1.29, 1.82) is 0 Å². The lowest BCUT2D eigenvalue weighted by molar-refractivity contribution is 0.0854. The van der Waals surface area contributed by atoms with Gasteiger partial charge in [-0.25, -0.2) is 0 Å². The highest BCUT2D eigenvalue weighted by Crippen LogP contribution is 2.10. The summed E-state index contributed by atoms with van der Waals surface area (Å²) in [5.41, 5.74) is 0. The molecule has 1 aromatic rings. The first-order valence-corrected chi connectivity index (χ1v) is 5.34. The fourth-order valence-corrected chi connectivity index (χ4v) is 1.23. The Bertz CT molecular complexity index is 337. The second-order valence-electron chi connectivity index (χ2n) is 3.06. The Balaban J connectivity index is 2.56. The first-order chi connectivity index (χ1) is 7.65. The van der Waals surface area contributed by atoms with E-state index in [1.165, 1.54) is 7.11 Å². The number of halogens is 1. The van der Waals surface area contributed by atoms with Gasteiger partial charge in [0, 0.05) is 13.2 Å². The Hall–Kier alpha value is -1.14. The van der Waals surface area contributed by atoms with E-state index in [1.807, 2.05) is 13.8 Å². The van der Waals surface area contributed by atoms with E-state index in [9.17, 15) is 0 Å². The van der Waals surface area contributed by atoms with Crippen LogP contribution in [0.3, 0.4) is 0 Å². The molecule has 1 rings (SSSR count). The number of nitrogens with one attached hydrogen (secondary N) is 1. The van der Waals surface area contributed by atoms with Crippen molar-refractivity contribution in [3.63, 3.8) is 0 Å². The number of methoxy groups -OCH3 is 1. The molecule has 0 amide bonds. The van der Waals surface area contributed by atoms with Gasteiger partial charge in [0.25, 0.3) is 0 Å². The van der Waals surface area contributed by atoms with Crippen molar-refractivity contribution in [2.45, 2.75) is 20.0 Å². The third-order valence-electron chi connectivity index (χ3n) is 1.77. The van der Waals surface area contributed by atoms with Gasteiger partial charge in [0.2, 0.25) is 11.2 Å². The first-order valence-electron chi connectivity index (χ1n) is 4.96. The molecule has 1 aromatic heterocycles. The molecule has 7 heteroatoms. The fraction of sp³-hybridized carbons (Fsp3) is 0.667. The van der Waals surface area contributed by atoms with Gasteiger partial charge < -0.3 is 14.8 Å². The van der Waals surface area contributed by atoms with Crippen molar-refractivity contribution in [1.82, 2.24) is 15.0 Å². The Morgan fingerprint density at radius 2 is 2.12 bits per heavy atom. The largest absolute Gasteiger partial charge is 0.467 e. The molecule has 1 unspecified atom stereocenters. The van der Waals surface area contributed by atoms with Crippen molar-refractivity contribution in [3.05, 3.63) is 5.28 Å². The van der Waals surface area contributed by atoms with E-state index < -0.39 is 0 Å². The number of rotatable bonds is 6. The predicted molar refractivity (Wildman–Crippen MR) is 61.0 cm³/mol.